The van der Waals surface area contributed by atoms with E-state index in [-0.39, 0.29) is 12.2 Å². The molecule has 0 N–H and O–H groups in total. The van der Waals surface area contributed by atoms with Crippen LogP contribution in [-0.4, -0.2) is 98.4 Å². The van der Waals surface area contributed by atoms with Crippen molar-refractivity contribution in [2.75, 3.05) is 62.7 Å². The number of anilines is 2. The molecule has 2 aliphatic rings. The highest BCUT2D eigenvalue weighted by atomic mass is 32.2. The van der Waals surface area contributed by atoms with E-state index in [4.69, 9.17) is 0 Å². The Kier molecular flexibility index (Phi) is 8.19. The Morgan fingerprint density at radius 3 is 2.18 bits per heavy atom. The normalized spacial score (nSPS) is 18.4. The molecule has 212 valence electrons. The van der Waals surface area contributed by atoms with E-state index in [0.29, 0.717) is 13.1 Å². The second kappa shape index (κ2) is 11.1. The van der Waals surface area contributed by atoms with E-state index in [0.717, 1.165) is 66.6 Å². The first-order chi connectivity index (χ1) is 18.4. The molecule has 1 atom stereocenters. The number of halogens is 3. The van der Waals surface area contributed by atoms with Crippen molar-refractivity contribution in [2.45, 2.75) is 30.4 Å². The number of alkyl halides is 3. The number of likely N-dealkylation sites (N-methyl/N-ethyl adjacent to an activating group) is 1. The van der Waals surface area contributed by atoms with E-state index in [1.807, 2.05) is 31.9 Å². The van der Waals surface area contributed by atoms with Crippen molar-refractivity contribution >= 4 is 33.2 Å². The zero-order valence-corrected chi connectivity index (χ0v) is 22.7. The number of carbonyl (C=O) groups is 2. The Hall–Kier alpha value is -3.23. The van der Waals surface area contributed by atoms with E-state index in [9.17, 15) is 31.2 Å². The number of nitrogens with zero attached hydrogens (tertiary/aromatic N) is 6. The Morgan fingerprint density at radius 1 is 1.00 bits per heavy atom. The van der Waals surface area contributed by atoms with Gasteiger partial charge in [0.15, 0.2) is 0 Å². The fraction of sp³-hybridized carbons (Fsp3) is 0.480. The summed E-state index contributed by atoms with van der Waals surface area (Å²) < 4.78 is 62.3. The van der Waals surface area contributed by atoms with Crippen molar-refractivity contribution in [1.82, 2.24) is 19.7 Å². The Labute approximate surface area is 225 Å². The second-order valence-electron chi connectivity index (χ2n) is 9.40. The molecule has 2 aromatic rings. The fourth-order valence-corrected chi connectivity index (χ4v) is 5.69. The van der Waals surface area contributed by atoms with Crippen LogP contribution in [0.4, 0.5) is 29.3 Å². The van der Waals surface area contributed by atoms with Crippen LogP contribution in [0.2, 0.25) is 0 Å². The van der Waals surface area contributed by atoms with Gasteiger partial charge < -0.3 is 9.80 Å². The van der Waals surface area contributed by atoms with E-state index in [1.54, 1.807) is 12.4 Å². The molecular formula is C25H31F3N6O4S. The zero-order valence-electron chi connectivity index (χ0n) is 21.9. The molecule has 1 aromatic carbocycles. The van der Waals surface area contributed by atoms with Gasteiger partial charge in [0, 0.05) is 37.9 Å². The number of hydrogen-bond donors (Lipinski definition) is 0. The smallest absolute Gasteiger partial charge is 0.367 e. The minimum Gasteiger partial charge on any atom is -0.367 e. The summed E-state index contributed by atoms with van der Waals surface area (Å²) in [7, 11) is -3.51. The van der Waals surface area contributed by atoms with Crippen LogP contribution in [-0.2, 0) is 14.6 Å². The fourth-order valence-electron chi connectivity index (χ4n) is 4.93. The molecule has 39 heavy (non-hydrogen) atoms. The van der Waals surface area contributed by atoms with Crippen LogP contribution in [0.5, 0.6) is 0 Å². The highest BCUT2D eigenvalue weighted by Crippen LogP contribution is 2.37. The lowest BCUT2D eigenvalue weighted by atomic mass is 10.1. The molecule has 0 aliphatic carbocycles. The number of amides is 3. The van der Waals surface area contributed by atoms with Crippen LogP contribution in [0.15, 0.2) is 47.6 Å². The first-order valence-corrected chi connectivity index (χ1v) is 14.1. The van der Waals surface area contributed by atoms with Gasteiger partial charge in [0.2, 0.25) is 0 Å². The molecular weight excluding hydrogens is 537 g/mol. The summed E-state index contributed by atoms with van der Waals surface area (Å²) in [6.07, 6.45) is 2.80. The van der Waals surface area contributed by atoms with Crippen molar-refractivity contribution in [1.29, 1.82) is 0 Å². The number of sulfone groups is 1. The van der Waals surface area contributed by atoms with E-state index >= 15 is 0 Å². The summed E-state index contributed by atoms with van der Waals surface area (Å²) in [5, 5.41) is 0. The second-order valence-corrected chi connectivity index (χ2v) is 11.3. The summed E-state index contributed by atoms with van der Waals surface area (Å²) in [6.45, 7) is 8.06. The minimum absolute atomic E-state index is 0.0130. The summed E-state index contributed by atoms with van der Waals surface area (Å²) in [4.78, 5) is 39.0. The van der Waals surface area contributed by atoms with E-state index in [2.05, 4.69) is 14.8 Å². The SMILES string of the molecule is CCN(CC)C(c1ccncc1N1CCN(C)CC1)N1CC(=O)N(c2ccc(S(=O)(=O)C(F)(F)F)cc2)C1=O. The number of urea groups is 1. The van der Waals surface area contributed by atoms with Gasteiger partial charge in [-0.2, -0.15) is 13.2 Å². The van der Waals surface area contributed by atoms with Crippen LogP contribution in [0.25, 0.3) is 0 Å². The lowest BCUT2D eigenvalue weighted by Gasteiger charge is -2.40. The van der Waals surface area contributed by atoms with Gasteiger partial charge in [-0.3, -0.25) is 19.6 Å². The third kappa shape index (κ3) is 5.45. The number of benzene rings is 1. The lowest BCUT2D eigenvalue weighted by Crippen LogP contribution is -2.47. The zero-order chi connectivity index (χ0) is 28.5. The Balaban J connectivity index is 1.69. The average molecular weight is 569 g/mol. The molecule has 1 unspecified atom stereocenters. The molecule has 3 heterocycles. The first-order valence-electron chi connectivity index (χ1n) is 12.6. The highest BCUT2D eigenvalue weighted by molar-refractivity contribution is 7.92. The van der Waals surface area contributed by atoms with Gasteiger partial charge in [-0.25, -0.2) is 18.1 Å². The largest absolute Gasteiger partial charge is 0.501 e. The molecule has 0 radical (unpaired) electrons. The van der Waals surface area contributed by atoms with Gasteiger partial charge in [0.05, 0.1) is 22.5 Å². The number of carbonyl (C=O) groups excluding carboxylic acids is 2. The Bertz CT molecular complexity index is 1310. The average Bonchev–Trinajstić information content (AvgIpc) is 3.20. The third-order valence-corrected chi connectivity index (χ3v) is 8.61. The minimum atomic E-state index is -5.56. The van der Waals surface area contributed by atoms with E-state index < -0.39 is 38.3 Å². The summed E-state index contributed by atoms with van der Waals surface area (Å²) in [6, 6.07) is 4.76. The molecule has 2 aliphatic heterocycles. The first kappa shape index (κ1) is 28.8. The van der Waals surface area contributed by atoms with Crippen molar-refractivity contribution in [3.05, 3.63) is 48.3 Å². The Morgan fingerprint density at radius 2 is 1.62 bits per heavy atom. The van der Waals surface area contributed by atoms with Gasteiger partial charge in [-0.15, -0.1) is 0 Å². The van der Waals surface area contributed by atoms with Gasteiger partial charge in [-0.05, 0) is 50.5 Å². The molecule has 2 fully saturated rings. The molecule has 3 amide bonds. The van der Waals surface area contributed by atoms with Crippen LogP contribution >= 0.6 is 0 Å². The van der Waals surface area contributed by atoms with Crippen molar-refractivity contribution in [3.63, 3.8) is 0 Å². The maximum absolute atomic E-state index is 13.7. The molecule has 1 aromatic heterocycles. The van der Waals surface area contributed by atoms with Crippen LogP contribution in [0, 0.1) is 0 Å². The maximum atomic E-state index is 13.7. The molecule has 0 spiro atoms. The van der Waals surface area contributed by atoms with Gasteiger partial charge in [0.25, 0.3) is 15.7 Å². The topological polar surface area (TPSA) is 97.4 Å². The number of hydrogen-bond acceptors (Lipinski definition) is 8. The molecule has 0 bridgehead atoms. The quantitative estimate of drug-likeness (QED) is 0.449. The molecule has 2 saturated heterocycles. The standard InChI is InChI=1S/C25H31F3N6O4S/c1-4-31(5-2)23(20-10-11-29-16-21(20)32-14-12-30(3)13-15-32)33-17-22(35)34(24(33)36)18-6-8-19(9-7-18)39(37,38)25(26,27)28/h6-11,16,23H,4-5,12-15,17H2,1-3H3. The lowest BCUT2D eigenvalue weighted by molar-refractivity contribution is -0.117. The van der Waals surface area contributed by atoms with Gasteiger partial charge in [0.1, 0.15) is 12.7 Å². The van der Waals surface area contributed by atoms with Crippen molar-refractivity contribution in [3.8, 4) is 0 Å². The highest BCUT2D eigenvalue weighted by Gasteiger charge is 2.47. The van der Waals surface area contributed by atoms with Gasteiger partial charge in [-0.1, -0.05) is 13.8 Å². The molecule has 10 nitrogen and oxygen atoms in total. The number of piperazine rings is 1. The predicted molar refractivity (Wildman–Crippen MR) is 139 cm³/mol. The van der Waals surface area contributed by atoms with Gasteiger partial charge >= 0.3 is 11.5 Å². The molecule has 0 saturated carbocycles. The molecule has 14 heteroatoms. The number of rotatable bonds is 8. The van der Waals surface area contributed by atoms with Crippen molar-refractivity contribution in [2.24, 2.45) is 0 Å². The summed E-state index contributed by atoms with van der Waals surface area (Å²) in [5.41, 5.74) is -3.80. The summed E-state index contributed by atoms with van der Waals surface area (Å²) in [5.74, 6) is -0.571. The number of imide groups is 1. The van der Waals surface area contributed by atoms with Crippen LogP contribution in [0.1, 0.15) is 25.6 Å². The number of aromatic nitrogens is 1. The monoisotopic (exact) mass is 568 g/mol. The van der Waals surface area contributed by atoms with Crippen LogP contribution in [0.3, 0.4) is 0 Å². The van der Waals surface area contributed by atoms with Crippen LogP contribution < -0.4 is 9.80 Å². The number of pyridine rings is 1. The third-order valence-electron chi connectivity index (χ3n) is 7.11. The van der Waals surface area contributed by atoms with E-state index in [1.165, 1.54) is 4.90 Å². The maximum Gasteiger partial charge on any atom is 0.501 e. The van der Waals surface area contributed by atoms with Crippen molar-refractivity contribution < 1.29 is 31.2 Å². The summed E-state index contributed by atoms with van der Waals surface area (Å²) >= 11 is 0. The predicted octanol–water partition coefficient (Wildman–Crippen LogP) is 2.94. The molecule has 4 rings (SSSR count).